The summed E-state index contributed by atoms with van der Waals surface area (Å²) in [6.45, 7) is 1.88. The summed E-state index contributed by atoms with van der Waals surface area (Å²) in [4.78, 5) is 11.2. The second-order valence-electron chi connectivity index (χ2n) is 5.08. The van der Waals surface area contributed by atoms with Crippen LogP contribution in [0.5, 0.6) is 0 Å². The highest BCUT2D eigenvalue weighted by Crippen LogP contribution is 2.27. The Kier molecular flexibility index (Phi) is 3.98. The van der Waals surface area contributed by atoms with E-state index in [2.05, 4.69) is 36.9 Å². The SMILES string of the molecule is NC1CCN(c2ncc(-c3ccccc3Br)cn2)CC1. The normalized spacial score (nSPS) is 16.4. The van der Waals surface area contributed by atoms with E-state index in [-0.39, 0.29) is 0 Å². The van der Waals surface area contributed by atoms with Gasteiger partial charge in [-0.3, -0.25) is 0 Å². The number of nitrogens with zero attached hydrogens (tertiary/aromatic N) is 3. The number of nitrogens with two attached hydrogens (primary N) is 1. The molecule has 20 heavy (non-hydrogen) atoms. The molecule has 0 saturated carbocycles. The Labute approximate surface area is 127 Å². The second-order valence-corrected chi connectivity index (χ2v) is 5.93. The van der Waals surface area contributed by atoms with Crippen LogP contribution in [-0.2, 0) is 0 Å². The fourth-order valence-electron chi connectivity index (χ4n) is 2.42. The van der Waals surface area contributed by atoms with Crippen LogP contribution in [0.4, 0.5) is 5.95 Å². The van der Waals surface area contributed by atoms with Gasteiger partial charge in [-0.05, 0) is 24.5 Å². The highest BCUT2D eigenvalue weighted by Gasteiger charge is 2.18. The van der Waals surface area contributed by atoms with Gasteiger partial charge in [0.15, 0.2) is 0 Å². The van der Waals surface area contributed by atoms with Gasteiger partial charge in [-0.25, -0.2) is 9.97 Å². The van der Waals surface area contributed by atoms with Gasteiger partial charge in [0, 0.05) is 41.6 Å². The molecule has 1 aromatic carbocycles. The molecule has 2 heterocycles. The minimum absolute atomic E-state index is 0.325. The summed E-state index contributed by atoms with van der Waals surface area (Å²) in [6.07, 6.45) is 5.79. The lowest BCUT2D eigenvalue weighted by Crippen LogP contribution is -2.40. The molecule has 0 spiro atoms. The number of piperidine rings is 1. The van der Waals surface area contributed by atoms with Crippen molar-refractivity contribution < 1.29 is 0 Å². The van der Waals surface area contributed by atoms with Crippen molar-refractivity contribution in [3.63, 3.8) is 0 Å². The first kappa shape index (κ1) is 13.5. The maximum absolute atomic E-state index is 5.92. The Balaban J connectivity index is 1.80. The third-order valence-corrected chi connectivity index (χ3v) is 4.34. The minimum atomic E-state index is 0.325. The molecule has 0 aliphatic carbocycles. The van der Waals surface area contributed by atoms with Crippen LogP contribution in [0.2, 0.25) is 0 Å². The summed E-state index contributed by atoms with van der Waals surface area (Å²) < 4.78 is 1.06. The van der Waals surface area contributed by atoms with E-state index in [1.54, 1.807) is 0 Å². The summed E-state index contributed by atoms with van der Waals surface area (Å²) >= 11 is 3.55. The van der Waals surface area contributed by atoms with E-state index in [9.17, 15) is 0 Å². The molecule has 0 amide bonds. The van der Waals surface area contributed by atoms with Crippen LogP contribution >= 0.6 is 15.9 Å². The van der Waals surface area contributed by atoms with Crippen LogP contribution < -0.4 is 10.6 Å². The number of aromatic nitrogens is 2. The third kappa shape index (κ3) is 2.83. The monoisotopic (exact) mass is 332 g/mol. The number of hydrogen-bond donors (Lipinski definition) is 1. The smallest absolute Gasteiger partial charge is 0.225 e. The molecule has 2 N–H and O–H groups in total. The predicted molar refractivity (Wildman–Crippen MR) is 84.6 cm³/mol. The number of benzene rings is 1. The Hall–Kier alpha value is -1.46. The van der Waals surface area contributed by atoms with E-state index in [1.165, 1.54) is 0 Å². The van der Waals surface area contributed by atoms with Crippen molar-refractivity contribution in [2.24, 2.45) is 5.73 Å². The van der Waals surface area contributed by atoms with Gasteiger partial charge in [-0.2, -0.15) is 0 Å². The summed E-state index contributed by atoms with van der Waals surface area (Å²) in [5, 5.41) is 0. The molecule has 1 aliphatic heterocycles. The lowest BCUT2D eigenvalue weighted by molar-refractivity contribution is 0.495. The van der Waals surface area contributed by atoms with Gasteiger partial charge in [0.2, 0.25) is 5.95 Å². The Bertz CT molecular complexity index is 577. The highest BCUT2D eigenvalue weighted by atomic mass is 79.9. The quantitative estimate of drug-likeness (QED) is 0.918. The molecule has 4 nitrogen and oxygen atoms in total. The fourth-order valence-corrected chi connectivity index (χ4v) is 2.93. The summed E-state index contributed by atoms with van der Waals surface area (Å²) in [6, 6.07) is 8.42. The van der Waals surface area contributed by atoms with Gasteiger partial charge in [0.05, 0.1) is 0 Å². The Morgan fingerprint density at radius 1 is 1.10 bits per heavy atom. The first-order chi connectivity index (χ1) is 9.74. The average Bonchev–Trinajstić information content (AvgIpc) is 2.49. The molecule has 0 radical (unpaired) electrons. The second kappa shape index (κ2) is 5.89. The first-order valence-corrected chi connectivity index (χ1v) is 7.61. The van der Waals surface area contributed by atoms with Crippen LogP contribution in [-0.4, -0.2) is 29.1 Å². The van der Waals surface area contributed by atoms with Crippen molar-refractivity contribution in [3.8, 4) is 11.1 Å². The average molecular weight is 333 g/mol. The largest absolute Gasteiger partial charge is 0.341 e. The zero-order valence-corrected chi connectivity index (χ0v) is 12.8. The van der Waals surface area contributed by atoms with Crippen molar-refractivity contribution in [2.75, 3.05) is 18.0 Å². The zero-order chi connectivity index (χ0) is 13.9. The molecule has 104 valence electrons. The number of hydrogen-bond acceptors (Lipinski definition) is 4. The van der Waals surface area contributed by atoms with Crippen molar-refractivity contribution in [1.29, 1.82) is 0 Å². The van der Waals surface area contributed by atoms with Crippen molar-refractivity contribution >= 4 is 21.9 Å². The molecule has 1 aromatic heterocycles. The minimum Gasteiger partial charge on any atom is -0.341 e. The maximum atomic E-state index is 5.92. The molecule has 0 bridgehead atoms. The summed E-state index contributed by atoms with van der Waals surface area (Å²) in [5.41, 5.74) is 8.05. The molecule has 0 atom stereocenters. The molecule has 0 unspecified atom stereocenters. The molecular formula is C15H17BrN4. The number of halogens is 1. The highest BCUT2D eigenvalue weighted by molar-refractivity contribution is 9.10. The molecule has 1 saturated heterocycles. The van der Waals surface area contributed by atoms with Crippen LogP contribution in [0.15, 0.2) is 41.1 Å². The van der Waals surface area contributed by atoms with E-state index < -0.39 is 0 Å². The van der Waals surface area contributed by atoms with Crippen LogP contribution in [0.3, 0.4) is 0 Å². The van der Waals surface area contributed by atoms with E-state index in [1.807, 2.05) is 30.6 Å². The van der Waals surface area contributed by atoms with Crippen molar-refractivity contribution in [3.05, 3.63) is 41.1 Å². The molecule has 3 rings (SSSR count). The molecular weight excluding hydrogens is 316 g/mol. The molecule has 1 fully saturated rings. The number of rotatable bonds is 2. The Morgan fingerprint density at radius 2 is 1.75 bits per heavy atom. The van der Waals surface area contributed by atoms with E-state index in [0.717, 1.165) is 47.5 Å². The standard InChI is InChI=1S/C15H17BrN4/c16-14-4-2-1-3-13(14)11-9-18-15(19-10-11)20-7-5-12(17)6-8-20/h1-4,9-10,12H,5-8,17H2. The predicted octanol–water partition coefficient (Wildman–Crippen LogP) is 2.83. The van der Waals surface area contributed by atoms with Gasteiger partial charge in [-0.15, -0.1) is 0 Å². The number of anilines is 1. The lowest BCUT2D eigenvalue weighted by Gasteiger charge is -2.30. The maximum Gasteiger partial charge on any atom is 0.225 e. The van der Waals surface area contributed by atoms with Gasteiger partial charge >= 0.3 is 0 Å². The third-order valence-electron chi connectivity index (χ3n) is 3.65. The topological polar surface area (TPSA) is 55.0 Å². The molecule has 1 aliphatic rings. The van der Waals surface area contributed by atoms with Crippen LogP contribution in [0.1, 0.15) is 12.8 Å². The lowest BCUT2D eigenvalue weighted by atomic mass is 10.1. The van der Waals surface area contributed by atoms with Crippen LogP contribution in [0.25, 0.3) is 11.1 Å². The zero-order valence-electron chi connectivity index (χ0n) is 11.2. The van der Waals surface area contributed by atoms with E-state index in [0.29, 0.717) is 6.04 Å². The van der Waals surface area contributed by atoms with Gasteiger partial charge < -0.3 is 10.6 Å². The van der Waals surface area contributed by atoms with E-state index >= 15 is 0 Å². The van der Waals surface area contributed by atoms with Crippen molar-refractivity contribution in [2.45, 2.75) is 18.9 Å². The molecule has 2 aromatic rings. The van der Waals surface area contributed by atoms with Gasteiger partial charge in [0.25, 0.3) is 0 Å². The summed E-state index contributed by atoms with van der Waals surface area (Å²) in [5.74, 6) is 0.799. The van der Waals surface area contributed by atoms with Gasteiger partial charge in [-0.1, -0.05) is 34.1 Å². The Morgan fingerprint density at radius 3 is 2.40 bits per heavy atom. The molecule has 5 heteroatoms. The van der Waals surface area contributed by atoms with Crippen LogP contribution in [0, 0.1) is 0 Å². The first-order valence-electron chi connectivity index (χ1n) is 6.81. The fraction of sp³-hybridized carbons (Fsp3) is 0.333. The van der Waals surface area contributed by atoms with Gasteiger partial charge in [0.1, 0.15) is 0 Å². The summed E-state index contributed by atoms with van der Waals surface area (Å²) in [7, 11) is 0. The van der Waals surface area contributed by atoms with E-state index in [4.69, 9.17) is 5.73 Å². The van der Waals surface area contributed by atoms with Crippen molar-refractivity contribution in [1.82, 2.24) is 9.97 Å².